The highest BCUT2D eigenvalue weighted by molar-refractivity contribution is 7.89. The maximum Gasteiger partial charge on any atom is 0.246 e. The maximum atomic E-state index is 12.8. The van der Waals surface area contributed by atoms with E-state index in [1.165, 1.54) is 0 Å². The SMILES string of the molecule is Cc1oc(CCl)cc1S(=O)(=O)N(CC1CC1)C1CC1. The Morgan fingerprint density at radius 1 is 1.37 bits per heavy atom. The average molecular weight is 304 g/mol. The van der Waals surface area contributed by atoms with Gasteiger partial charge in [-0.3, -0.25) is 0 Å². The van der Waals surface area contributed by atoms with Crippen molar-refractivity contribution in [2.24, 2.45) is 5.92 Å². The Morgan fingerprint density at radius 3 is 2.53 bits per heavy atom. The number of hydrogen-bond donors (Lipinski definition) is 0. The summed E-state index contributed by atoms with van der Waals surface area (Å²) >= 11 is 5.71. The van der Waals surface area contributed by atoms with Gasteiger partial charge in [-0.25, -0.2) is 8.42 Å². The Balaban J connectivity index is 1.91. The van der Waals surface area contributed by atoms with Gasteiger partial charge < -0.3 is 4.42 Å². The smallest absolute Gasteiger partial charge is 0.246 e. The molecule has 0 radical (unpaired) electrons. The average Bonchev–Trinajstić information content (AvgIpc) is 3.24. The second-order valence-electron chi connectivity index (χ2n) is 5.52. The van der Waals surface area contributed by atoms with Crippen molar-refractivity contribution in [2.45, 2.75) is 49.4 Å². The number of halogens is 1. The fraction of sp³-hybridized carbons (Fsp3) is 0.692. The van der Waals surface area contributed by atoms with Gasteiger partial charge in [0.2, 0.25) is 10.0 Å². The van der Waals surface area contributed by atoms with E-state index >= 15 is 0 Å². The normalized spacial score (nSPS) is 20.2. The van der Waals surface area contributed by atoms with E-state index in [0.29, 0.717) is 24.0 Å². The fourth-order valence-corrected chi connectivity index (χ4v) is 4.41. The van der Waals surface area contributed by atoms with Gasteiger partial charge in [-0.2, -0.15) is 4.31 Å². The second kappa shape index (κ2) is 4.79. The Hall–Kier alpha value is -0.520. The molecule has 6 heteroatoms. The van der Waals surface area contributed by atoms with E-state index in [1.54, 1.807) is 17.3 Å². The molecule has 1 aromatic heterocycles. The standard InChI is InChI=1S/C13H18ClNO3S/c1-9-13(6-12(7-14)18-9)19(16,17)15(11-4-5-11)8-10-2-3-10/h6,10-11H,2-5,7-8H2,1H3. The molecule has 2 saturated carbocycles. The largest absolute Gasteiger partial charge is 0.464 e. The molecule has 3 rings (SSSR count). The predicted octanol–water partition coefficient (Wildman–Crippen LogP) is 2.89. The zero-order valence-corrected chi connectivity index (χ0v) is 12.5. The minimum absolute atomic E-state index is 0.194. The number of sulfonamides is 1. The highest BCUT2D eigenvalue weighted by Gasteiger charge is 2.42. The Bertz CT molecular complexity index is 573. The number of furan rings is 1. The molecule has 0 aromatic carbocycles. The lowest BCUT2D eigenvalue weighted by Crippen LogP contribution is -2.35. The molecule has 0 saturated heterocycles. The van der Waals surface area contributed by atoms with Gasteiger partial charge in [0.1, 0.15) is 16.4 Å². The van der Waals surface area contributed by atoms with E-state index in [4.69, 9.17) is 16.0 Å². The van der Waals surface area contributed by atoms with E-state index in [2.05, 4.69) is 0 Å². The van der Waals surface area contributed by atoms with Crippen molar-refractivity contribution in [1.29, 1.82) is 0 Å². The molecular weight excluding hydrogens is 286 g/mol. The maximum absolute atomic E-state index is 12.8. The lowest BCUT2D eigenvalue weighted by Gasteiger charge is -2.21. The molecule has 2 aliphatic carbocycles. The number of nitrogens with zero attached hydrogens (tertiary/aromatic N) is 1. The first-order valence-corrected chi connectivity index (χ1v) is 8.67. The quantitative estimate of drug-likeness (QED) is 0.759. The van der Waals surface area contributed by atoms with Crippen LogP contribution in [0.4, 0.5) is 0 Å². The highest BCUT2D eigenvalue weighted by Crippen LogP contribution is 2.39. The van der Waals surface area contributed by atoms with Crippen molar-refractivity contribution in [3.8, 4) is 0 Å². The zero-order valence-electron chi connectivity index (χ0n) is 10.9. The lowest BCUT2D eigenvalue weighted by atomic mass is 10.4. The van der Waals surface area contributed by atoms with Gasteiger partial charge in [0.05, 0.1) is 5.88 Å². The van der Waals surface area contributed by atoms with Crippen LogP contribution in [-0.2, 0) is 15.9 Å². The predicted molar refractivity (Wildman–Crippen MR) is 72.6 cm³/mol. The molecule has 2 aliphatic rings. The molecule has 0 aliphatic heterocycles. The molecule has 0 N–H and O–H groups in total. The number of aryl methyl sites for hydroxylation is 1. The first-order valence-electron chi connectivity index (χ1n) is 6.69. The molecule has 0 amide bonds. The third-order valence-electron chi connectivity index (χ3n) is 3.73. The minimum atomic E-state index is -3.43. The van der Waals surface area contributed by atoms with Crippen molar-refractivity contribution in [3.63, 3.8) is 0 Å². The van der Waals surface area contributed by atoms with Crippen LogP contribution in [0, 0.1) is 12.8 Å². The van der Waals surface area contributed by atoms with Crippen molar-refractivity contribution >= 4 is 21.6 Å². The van der Waals surface area contributed by atoms with E-state index in [1.807, 2.05) is 0 Å². The monoisotopic (exact) mass is 303 g/mol. The van der Waals surface area contributed by atoms with E-state index in [9.17, 15) is 8.42 Å². The van der Waals surface area contributed by atoms with Crippen LogP contribution in [0.5, 0.6) is 0 Å². The summed E-state index contributed by atoms with van der Waals surface area (Å²) in [5.41, 5.74) is 0. The first-order chi connectivity index (χ1) is 9.02. The van der Waals surface area contributed by atoms with Gasteiger partial charge in [-0.05, 0) is 38.5 Å². The molecule has 19 heavy (non-hydrogen) atoms. The van der Waals surface area contributed by atoms with E-state index < -0.39 is 10.0 Å². The molecule has 0 spiro atoms. The van der Waals surface area contributed by atoms with Gasteiger partial charge >= 0.3 is 0 Å². The summed E-state index contributed by atoms with van der Waals surface area (Å²) in [5, 5.41) is 0. The lowest BCUT2D eigenvalue weighted by molar-refractivity contribution is 0.387. The molecule has 0 bridgehead atoms. The minimum Gasteiger partial charge on any atom is -0.464 e. The van der Waals surface area contributed by atoms with Crippen molar-refractivity contribution < 1.29 is 12.8 Å². The zero-order chi connectivity index (χ0) is 13.6. The van der Waals surface area contributed by atoms with Crippen molar-refractivity contribution in [1.82, 2.24) is 4.31 Å². The van der Waals surface area contributed by atoms with Gasteiger partial charge in [-0.1, -0.05) is 0 Å². The molecule has 4 nitrogen and oxygen atoms in total. The number of alkyl halides is 1. The molecule has 1 aromatic rings. The van der Waals surface area contributed by atoms with E-state index in [0.717, 1.165) is 25.7 Å². The number of hydrogen-bond acceptors (Lipinski definition) is 3. The fourth-order valence-electron chi connectivity index (χ4n) is 2.33. The summed E-state index contributed by atoms with van der Waals surface area (Å²) in [6.07, 6.45) is 4.25. The van der Waals surface area contributed by atoms with Gasteiger partial charge in [0, 0.05) is 18.7 Å². The van der Waals surface area contributed by atoms with Crippen LogP contribution in [0.3, 0.4) is 0 Å². The second-order valence-corrected chi connectivity index (χ2v) is 7.64. The molecule has 1 heterocycles. The van der Waals surface area contributed by atoms with Crippen molar-refractivity contribution in [3.05, 3.63) is 17.6 Å². The summed E-state index contributed by atoms with van der Waals surface area (Å²) in [7, 11) is -3.43. The molecule has 0 unspecified atom stereocenters. The molecule has 106 valence electrons. The third kappa shape index (κ3) is 2.69. The van der Waals surface area contributed by atoms with Gasteiger partial charge in [-0.15, -0.1) is 11.6 Å². The van der Waals surface area contributed by atoms with Crippen LogP contribution in [0.15, 0.2) is 15.4 Å². The highest BCUT2D eigenvalue weighted by atomic mass is 35.5. The third-order valence-corrected chi connectivity index (χ3v) is 6.02. The van der Waals surface area contributed by atoms with Crippen LogP contribution in [-0.4, -0.2) is 25.3 Å². The Kier molecular flexibility index (Phi) is 3.39. The summed E-state index contributed by atoms with van der Waals surface area (Å²) < 4.78 is 32.6. The van der Waals surface area contributed by atoms with Crippen LogP contribution in [0.25, 0.3) is 0 Å². The summed E-state index contributed by atoms with van der Waals surface area (Å²) in [5.74, 6) is 1.70. The van der Waals surface area contributed by atoms with Gasteiger partial charge in [0.15, 0.2) is 0 Å². The first kappa shape index (κ1) is 13.5. The molecule has 2 fully saturated rings. The Labute approximate surface area is 118 Å². The molecular formula is C13H18ClNO3S. The summed E-state index contributed by atoms with van der Waals surface area (Å²) in [4.78, 5) is 0.288. The summed E-state index contributed by atoms with van der Waals surface area (Å²) in [6, 6.07) is 1.76. The van der Waals surface area contributed by atoms with Crippen molar-refractivity contribution in [2.75, 3.05) is 6.54 Å². The van der Waals surface area contributed by atoms with Crippen LogP contribution in [0.1, 0.15) is 37.2 Å². The summed E-state index contributed by atoms with van der Waals surface area (Å²) in [6.45, 7) is 2.35. The topological polar surface area (TPSA) is 50.5 Å². The Morgan fingerprint density at radius 2 is 2.05 bits per heavy atom. The van der Waals surface area contributed by atoms with Gasteiger partial charge in [0.25, 0.3) is 0 Å². The van der Waals surface area contributed by atoms with Crippen LogP contribution < -0.4 is 0 Å². The molecule has 0 atom stereocenters. The van der Waals surface area contributed by atoms with Crippen LogP contribution >= 0.6 is 11.6 Å². The van der Waals surface area contributed by atoms with E-state index in [-0.39, 0.29) is 16.8 Å². The van der Waals surface area contributed by atoms with Crippen LogP contribution in [0.2, 0.25) is 0 Å². The number of rotatable bonds is 6.